The Morgan fingerprint density at radius 1 is 1.18 bits per heavy atom. The predicted octanol–water partition coefficient (Wildman–Crippen LogP) is 6.12. The molecule has 0 saturated carbocycles. The molecule has 2 N–H and O–H groups in total. The van der Waals surface area contributed by atoms with Crippen molar-refractivity contribution in [2.24, 2.45) is 5.10 Å². The zero-order valence-electron chi connectivity index (χ0n) is 20.3. The van der Waals surface area contributed by atoms with Gasteiger partial charge in [0.25, 0.3) is 5.91 Å². The molecule has 4 rings (SSSR count). The number of amides is 1. The highest BCUT2D eigenvalue weighted by atomic mass is 16.3. The summed E-state index contributed by atoms with van der Waals surface area (Å²) in [4.78, 5) is 15.2. The van der Waals surface area contributed by atoms with Crippen LogP contribution in [0.1, 0.15) is 74.0 Å². The maximum absolute atomic E-state index is 12.7. The Morgan fingerprint density at radius 2 is 1.85 bits per heavy atom. The van der Waals surface area contributed by atoms with Gasteiger partial charge in [0, 0.05) is 17.3 Å². The predicted molar refractivity (Wildman–Crippen MR) is 137 cm³/mol. The van der Waals surface area contributed by atoms with Crippen molar-refractivity contribution in [3.05, 3.63) is 70.8 Å². The van der Waals surface area contributed by atoms with Gasteiger partial charge in [-0.05, 0) is 98.7 Å². The van der Waals surface area contributed by atoms with Crippen molar-refractivity contribution in [1.29, 1.82) is 0 Å². The molecule has 33 heavy (non-hydrogen) atoms. The van der Waals surface area contributed by atoms with Crippen molar-refractivity contribution in [2.75, 3.05) is 4.90 Å². The van der Waals surface area contributed by atoms with Gasteiger partial charge in [-0.3, -0.25) is 4.79 Å². The first kappa shape index (κ1) is 22.8. The number of nitrogens with zero attached hydrogens (tertiary/aromatic N) is 2. The second-order valence-electron chi connectivity index (χ2n) is 10.1. The minimum Gasteiger partial charge on any atom is -0.507 e. The third-order valence-electron chi connectivity index (χ3n) is 6.66. The molecule has 3 aromatic carbocycles. The van der Waals surface area contributed by atoms with Gasteiger partial charge in [-0.15, -0.1) is 0 Å². The zero-order chi connectivity index (χ0) is 23.9. The van der Waals surface area contributed by atoms with E-state index in [-0.39, 0.29) is 16.9 Å². The van der Waals surface area contributed by atoms with Crippen LogP contribution in [0, 0.1) is 6.92 Å². The average Bonchev–Trinajstić information content (AvgIpc) is 2.73. The Balaban J connectivity index is 1.59. The molecule has 0 aromatic heterocycles. The smallest absolute Gasteiger partial charge is 0.275 e. The molecule has 1 amide bonds. The van der Waals surface area contributed by atoms with E-state index in [1.54, 1.807) is 18.3 Å². The van der Waals surface area contributed by atoms with Crippen LogP contribution in [0.5, 0.6) is 5.75 Å². The summed E-state index contributed by atoms with van der Waals surface area (Å²) in [6, 6.07) is 15.7. The first-order chi connectivity index (χ1) is 15.6. The summed E-state index contributed by atoms with van der Waals surface area (Å²) in [5.41, 5.74) is 7.56. The lowest BCUT2D eigenvalue weighted by atomic mass is 9.78. The zero-order valence-corrected chi connectivity index (χ0v) is 20.3. The molecule has 0 spiro atoms. The van der Waals surface area contributed by atoms with Crippen molar-refractivity contribution in [3.63, 3.8) is 0 Å². The van der Waals surface area contributed by atoms with Gasteiger partial charge in [0.2, 0.25) is 0 Å². The van der Waals surface area contributed by atoms with E-state index in [4.69, 9.17) is 0 Å². The Labute approximate surface area is 196 Å². The highest BCUT2D eigenvalue weighted by Crippen LogP contribution is 2.45. The van der Waals surface area contributed by atoms with Gasteiger partial charge >= 0.3 is 0 Å². The molecule has 0 aliphatic carbocycles. The molecule has 3 aromatic rings. The first-order valence-corrected chi connectivity index (χ1v) is 11.6. The Hall–Kier alpha value is -3.34. The summed E-state index contributed by atoms with van der Waals surface area (Å²) in [6.45, 7) is 13.5. The van der Waals surface area contributed by atoms with Gasteiger partial charge in [-0.25, -0.2) is 5.43 Å². The van der Waals surface area contributed by atoms with E-state index in [9.17, 15) is 9.90 Å². The van der Waals surface area contributed by atoms with Crippen molar-refractivity contribution in [3.8, 4) is 5.75 Å². The maximum Gasteiger partial charge on any atom is 0.275 e. The van der Waals surface area contributed by atoms with Gasteiger partial charge < -0.3 is 10.0 Å². The monoisotopic (exact) mass is 443 g/mol. The van der Waals surface area contributed by atoms with E-state index >= 15 is 0 Å². The minimum absolute atomic E-state index is 0.0587. The number of carbonyl (C=O) groups excluding carboxylic acids is 1. The second-order valence-corrected chi connectivity index (χ2v) is 10.1. The van der Waals surface area contributed by atoms with E-state index in [0.717, 1.165) is 28.3 Å². The number of aryl methyl sites for hydroxylation is 1. The van der Waals surface area contributed by atoms with E-state index in [2.05, 4.69) is 69.1 Å². The van der Waals surface area contributed by atoms with E-state index in [1.165, 1.54) is 11.3 Å². The van der Waals surface area contributed by atoms with Gasteiger partial charge in [0.15, 0.2) is 0 Å². The highest BCUT2D eigenvalue weighted by molar-refractivity contribution is 6.01. The van der Waals surface area contributed by atoms with Crippen LogP contribution in [0.3, 0.4) is 0 Å². The lowest BCUT2D eigenvalue weighted by Crippen LogP contribution is -2.51. The summed E-state index contributed by atoms with van der Waals surface area (Å²) in [5, 5.41) is 16.3. The molecule has 1 heterocycles. The van der Waals surface area contributed by atoms with Crippen LogP contribution in [-0.2, 0) is 0 Å². The van der Waals surface area contributed by atoms with Crippen LogP contribution in [0.15, 0.2) is 53.6 Å². The number of phenolic OH excluding ortho intramolecular Hbond substituents is 1. The Morgan fingerprint density at radius 3 is 2.52 bits per heavy atom. The molecule has 1 aliphatic rings. The number of phenols is 1. The van der Waals surface area contributed by atoms with Crippen molar-refractivity contribution < 1.29 is 9.90 Å². The number of rotatable bonds is 4. The van der Waals surface area contributed by atoms with Crippen molar-refractivity contribution >= 4 is 28.6 Å². The van der Waals surface area contributed by atoms with Crippen molar-refractivity contribution in [2.45, 2.75) is 65.5 Å². The number of carbonyl (C=O) groups is 1. The van der Waals surface area contributed by atoms with Crippen LogP contribution in [0.25, 0.3) is 10.8 Å². The van der Waals surface area contributed by atoms with Crippen LogP contribution in [0.2, 0.25) is 0 Å². The third kappa shape index (κ3) is 4.32. The minimum atomic E-state index is -0.439. The van der Waals surface area contributed by atoms with Crippen molar-refractivity contribution in [1.82, 2.24) is 5.43 Å². The average molecular weight is 444 g/mol. The number of benzene rings is 3. The van der Waals surface area contributed by atoms with E-state index < -0.39 is 5.91 Å². The SMILES string of the molecule is Cc1cc2c(cc1/C=N\NC(=O)c1cc3ccccc3cc1O)[C@@H](C)CC(C)(C)N2C(C)C. The van der Waals surface area contributed by atoms with Crippen LogP contribution < -0.4 is 10.3 Å². The molecule has 172 valence electrons. The molecule has 5 nitrogen and oxygen atoms in total. The lowest BCUT2D eigenvalue weighted by Gasteiger charge is -2.50. The molecular formula is C28H33N3O2. The molecule has 1 atom stereocenters. The third-order valence-corrected chi connectivity index (χ3v) is 6.66. The van der Waals surface area contributed by atoms with Gasteiger partial charge in [-0.2, -0.15) is 5.10 Å². The van der Waals surface area contributed by atoms with Gasteiger partial charge in [0.05, 0.1) is 11.8 Å². The topological polar surface area (TPSA) is 64.9 Å². The molecule has 0 unspecified atom stereocenters. The van der Waals surface area contributed by atoms with Crippen LogP contribution >= 0.6 is 0 Å². The van der Waals surface area contributed by atoms with E-state index in [1.807, 2.05) is 24.3 Å². The quantitative estimate of drug-likeness (QED) is 0.377. The number of hydrazone groups is 1. The Bertz CT molecular complexity index is 1240. The largest absolute Gasteiger partial charge is 0.507 e. The summed E-state index contributed by atoms with van der Waals surface area (Å²) < 4.78 is 0. The van der Waals surface area contributed by atoms with Crippen LogP contribution in [0.4, 0.5) is 5.69 Å². The fourth-order valence-electron chi connectivity index (χ4n) is 5.36. The molecule has 0 fully saturated rings. The Kier molecular flexibility index (Phi) is 5.91. The number of nitrogens with one attached hydrogen (secondary N) is 1. The molecular weight excluding hydrogens is 410 g/mol. The fraction of sp³-hybridized carbons (Fsp3) is 0.357. The van der Waals surface area contributed by atoms with Gasteiger partial charge in [-0.1, -0.05) is 31.2 Å². The number of anilines is 1. The van der Waals surface area contributed by atoms with Gasteiger partial charge in [0.1, 0.15) is 5.75 Å². The molecule has 0 saturated heterocycles. The number of fused-ring (bicyclic) bond motifs is 2. The number of hydrogen-bond acceptors (Lipinski definition) is 4. The summed E-state index contributed by atoms with van der Waals surface area (Å²) >= 11 is 0. The highest BCUT2D eigenvalue weighted by Gasteiger charge is 2.37. The normalized spacial score (nSPS) is 17.5. The maximum atomic E-state index is 12.7. The molecule has 0 bridgehead atoms. The molecule has 5 heteroatoms. The fourth-order valence-corrected chi connectivity index (χ4v) is 5.36. The lowest BCUT2D eigenvalue weighted by molar-refractivity contribution is 0.0952. The second kappa shape index (κ2) is 8.54. The number of aromatic hydroxyl groups is 1. The van der Waals surface area contributed by atoms with E-state index in [0.29, 0.717) is 12.0 Å². The molecule has 1 aliphatic heterocycles. The summed E-state index contributed by atoms with van der Waals surface area (Å²) in [7, 11) is 0. The standard InChI is InChI=1S/C28H33N3O2/c1-17(2)31-25-11-18(3)22(13-23(25)19(4)15-28(31,5)6)16-29-30-27(33)24-12-20-9-7-8-10-21(20)14-26(24)32/h7-14,16-17,19,32H,15H2,1-6H3,(H,30,33)/b29-16-/t19-/m0/s1. The summed E-state index contributed by atoms with van der Waals surface area (Å²) in [6.07, 6.45) is 2.77. The summed E-state index contributed by atoms with van der Waals surface area (Å²) in [5.74, 6) is -0.0651. The first-order valence-electron chi connectivity index (χ1n) is 11.6. The molecule has 0 radical (unpaired) electrons. The number of hydrogen-bond donors (Lipinski definition) is 2. The van der Waals surface area contributed by atoms with Crippen LogP contribution in [-0.4, -0.2) is 28.8 Å².